The number of hydrogen-bond donors (Lipinski definition) is 2. The highest BCUT2D eigenvalue weighted by Gasteiger charge is 2.12. The van der Waals surface area contributed by atoms with Crippen LogP contribution in [0.4, 0.5) is 0 Å². The molecule has 1 rings (SSSR count). The summed E-state index contributed by atoms with van der Waals surface area (Å²) in [6.07, 6.45) is 0. The van der Waals surface area contributed by atoms with Crippen LogP contribution in [0.5, 0.6) is 0 Å². The largest absolute Gasteiger partial charge is 0.354 e. The minimum Gasteiger partial charge on any atom is -0.354 e. The zero-order valence-electron chi connectivity index (χ0n) is 11.3. The molecule has 6 nitrogen and oxygen atoms in total. The summed E-state index contributed by atoms with van der Waals surface area (Å²) in [6.45, 7) is 6.46. The quantitative estimate of drug-likeness (QED) is 0.787. The number of rotatable bonds is 5. The molecule has 6 heteroatoms. The maximum absolute atomic E-state index is 11.7. The van der Waals surface area contributed by atoms with Crippen LogP contribution >= 0.6 is 0 Å². The Morgan fingerprint density at radius 1 is 1.39 bits per heavy atom. The number of hydrogen-bond acceptors (Lipinski definition) is 3. The fraction of sp³-hybridized carbons (Fsp3) is 0.583. The Labute approximate surface area is 107 Å². The van der Waals surface area contributed by atoms with Gasteiger partial charge in [-0.25, -0.2) is 0 Å². The van der Waals surface area contributed by atoms with Gasteiger partial charge >= 0.3 is 0 Å². The molecule has 0 bridgehead atoms. The van der Waals surface area contributed by atoms with Gasteiger partial charge in [0.1, 0.15) is 5.69 Å². The number of aryl methyl sites for hydroxylation is 2. The molecule has 0 atom stereocenters. The van der Waals surface area contributed by atoms with E-state index in [0.29, 0.717) is 18.2 Å². The van der Waals surface area contributed by atoms with Crippen molar-refractivity contribution in [3.63, 3.8) is 0 Å². The van der Waals surface area contributed by atoms with Crippen LogP contribution in [0.1, 0.15) is 30.0 Å². The molecular weight excluding hydrogens is 232 g/mol. The summed E-state index contributed by atoms with van der Waals surface area (Å²) in [5, 5.41) is 9.30. The summed E-state index contributed by atoms with van der Waals surface area (Å²) >= 11 is 0. The van der Waals surface area contributed by atoms with Crippen molar-refractivity contribution in [3.8, 4) is 0 Å². The zero-order valence-corrected chi connectivity index (χ0v) is 11.3. The SMILES string of the molecule is Cc1cc(C(=O)NCC(=O)NCC(C)C)nn1C. The van der Waals surface area contributed by atoms with Crippen molar-refractivity contribution in [1.82, 2.24) is 20.4 Å². The third-order valence-electron chi connectivity index (χ3n) is 2.46. The van der Waals surface area contributed by atoms with Crippen molar-refractivity contribution < 1.29 is 9.59 Å². The molecule has 0 aromatic carbocycles. The highest BCUT2D eigenvalue weighted by atomic mass is 16.2. The number of carbonyl (C=O) groups is 2. The molecule has 1 aromatic rings. The Bertz CT molecular complexity index is 418. The molecule has 18 heavy (non-hydrogen) atoms. The van der Waals surface area contributed by atoms with E-state index in [1.54, 1.807) is 17.8 Å². The van der Waals surface area contributed by atoms with Gasteiger partial charge in [-0.1, -0.05) is 13.8 Å². The molecule has 2 amide bonds. The van der Waals surface area contributed by atoms with Crippen molar-refractivity contribution in [2.75, 3.05) is 13.1 Å². The lowest BCUT2D eigenvalue weighted by atomic mass is 10.2. The predicted molar refractivity (Wildman–Crippen MR) is 68.1 cm³/mol. The van der Waals surface area contributed by atoms with E-state index in [1.807, 2.05) is 20.8 Å². The summed E-state index contributed by atoms with van der Waals surface area (Å²) in [5.41, 5.74) is 1.22. The third-order valence-corrected chi connectivity index (χ3v) is 2.46. The van der Waals surface area contributed by atoms with Crippen LogP contribution in [0, 0.1) is 12.8 Å². The van der Waals surface area contributed by atoms with Crippen molar-refractivity contribution in [1.29, 1.82) is 0 Å². The third kappa shape index (κ3) is 4.20. The molecule has 0 unspecified atom stereocenters. The molecule has 0 fully saturated rings. The van der Waals surface area contributed by atoms with Gasteiger partial charge in [-0.15, -0.1) is 0 Å². The second-order valence-corrected chi connectivity index (χ2v) is 4.68. The second-order valence-electron chi connectivity index (χ2n) is 4.68. The topological polar surface area (TPSA) is 76.0 Å². The minimum absolute atomic E-state index is 0.0266. The molecule has 0 aliphatic heterocycles. The Kier molecular flexibility index (Phi) is 4.88. The van der Waals surface area contributed by atoms with E-state index >= 15 is 0 Å². The first-order chi connectivity index (χ1) is 8.40. The molecular formula is C12H20N4O2. The molecule has 2 N–H and O–H groups in total. The van der Waals surface area contributed by atoms with Crippen molar-refractivity contribution in [3.05, 3.63) is 17.5 Å². The van der Waals surface area contributed by atoms with Crippen LogP contribution in [0.15, 0.2) is 6.07 Å². The van der Waals surface area contributed by atoms with Crippen LogP contribution in [-0.2, 0) is 11.8 Å². The van der Waals surface area contributed by atoms with Crippen LogP contribution in [0.3, 0.4) is 0 Å². The lowest BCUT2D eigenvalue weighted by Crippen LogP contribution is -2.38. The summed E-state index contributed by atoms with van der Waals surface area (Å²) < 4.78 is 1.62. The maximum atomic E-state index is 11.7. The summed E-state index contributed by atoms with van der Waals surface area (Å²) in [5.74, 6) is -0.133. The van der Waals surface area contributed by atoms with Crippen molar-refractivity contribution in [2.45, 2.75) is 20.8 Å². The highest BCUT2D eigenvalue weighted by molar-refractivity contribution is 5.94. The van der Waals surface area contributed by atoms with E-state index in [0.717, 1.165) is 5.69 Å². The second kappa shape index (κ2) is 6.18. The van der Waals surface area contributed by atoms with Gasteiger partial charge in [0, 0.05) is 19.3 Å². The lowest BCUT2D eigenvalue weighted by Gasteiger charge is -2.07. The van der Waals surface area contributed by atoms with E-state index in [9.17, 15) is 9.59 Å². The lowest BCUT2D eigenvalue weighted by molar-refractivity contribution is -0.120. The first-order valence-corrected chi connectivity index (χ1v) is 5.95. The standard InChI is InChI=1S/C12H20N4O2/c1-8(2)6-13-11(17)7-14-12(18)10-5-9(3)16(4)15-10/h5,8H,6-7H2,1-4H3,(H,13,17)(H,14,18). The number of carbonyl (C=O) groups excluding carboxylic acids is 2. The van der Waals surface area contributed by atoms with Crippen LogP contribution in [-0.4, -0.2) is 34.7 Å². The average molecular weight is 252 g/mol. The first-order valence-electron chi connectivity index (χ1n) is 5.95. The van der Waals surface area contributed by atoms with E-state index in [1.165, 1.54) is 0 Å². The number of nitrogens with one attached hydrogen (secondary N) is 2. The fourth-order valence-corrected chi connectivity index (χ4v) is 1.30. The van der Waals surface area contributed by atoms with E-state index < -0.39 is 0 Å². The molecule has 0 saturated carbocycles. The molecule has 100 valence electrons. The van der Waals surface area contributed by atoms with Crippen LogP contribution < -0.4 is 10.6 Å². The van der Waals surface area contributed by atoms with Gasteiger partial charge in [0.25, 0.3) is 5.91 Å². The Balaban J connectivity index is 2.39. The number of amides is 2. The van der Waals surface area contributed by atoms with Gasteiger partial charge in [0.15, 0.2) is 0 Å². The monoisotopic (exact) mass is 252 g/mol. The zero-order chi connectivity index (χ0) is 13.7. The Morgan fingerprint density at radius 3 is 2.56 bits per heavy atom. The Hall–Kier alpha value is -1.85. The smallest absolute Gasteiger partial charge is 0.272 e. The average Bonchev–Trinajstić information content (AvgIpc) is 2.64. The number of aromatic nitrogens is 2. The molecule has 0 aliphatic rings. The molecule has 1 heterocycles. The highest BCUT2D eigenvalue weighted by Crippen LogP contribution is 2.00. The Morgan fingerprint density at radius 2 is 2.06 bits per heavy atom. The normalized spacial score (nSPS) is 10.5. The van der Waals surface area contributed by atoms with Gasteiger partial charge in [-0.2, -0.15) is 5.10 Å². The van der Waals surface area contributed by atoms with Gasteiger partial charge < -0.3 is 10.6 Å². The summed E-state index contributed by atoms with van der Waals surface area (Å²) in [4.78, 5) is 23.1. The summed E-state index contributed by atoms with van der Waals surface area (Å²) in [7, 11) is 1.77. The molecule has 0 aliphatic carbocycles. The number of nitrogens with zero attached hydrogens (tertiary/aromatic N) is 2. The minimum atomic E-state index is -0.335. The van der Waals surface area contributed by atoms with E-state index in [-0.39, 0.29) is 18.4 Å². The molecule has 0 radical (unpaired) electrons. The first kappa shape index (κ1) is 14.2. The van der Waals surface area contributed by atoms with Crippen LogP contribution in [0.2, 0.25) is 0 Å². The molecule has 0 saturated heterocycles. The van der Waals surface area contributed by atoms with Crippen molar-refractivity contribution in [2.24, 2.45) is 13.0 Å². The predicted octanol–water partition coefficient (Wildman–Crippen LogP) is 0.231. The molecule has 0 spiro atoms. The van der Waals surface area contributed by atoms with Gasteiger partial charge in [0.05, 0.1) is 6.54 Å². The molecule has 1 aromatic heterocycles. The maximum Gasteiger partial charge on any atom is 0.272 e. The van der Waals surface area contributed by atoms with E-state index in [2.05, 4.69) is 15.7 Å². The van der Waals surface area contributed by atoms with E-state index in [4.69, 9.17) is 0 Å². The summed E-state index contributed by atoms with van der Waals surface area (Å²) in [6, 6.07) is 1.68. The van der Waals surface area contributed by atoms with Gasteiger partial charge in [-0.3, -0.25) is 14.3 Å². The van der Waals surface area contributed by atoms with Gasteiger partial charge in [0.2, 0.25) is 5.91 Å². The van der Waals surface area contributed by atoms with Gasteiger partial charge in [-0.05, 0) is 18.9 Å². The van der Waals surface area contributed by atoms with Crippen LogP contribution in [0.25, 0.3) is 0 Å². The fourth-order valence-electron chi connectivity index (χ4n) is 1.30. The van der Waals surface area contributed by atoms with Crippen molar-refractivity contribution >= 4 is 11.8 Å².